The first-order valence-corrected chi connectivity index (χ1v) is 6.78. The Labute approximate surface area is 117 Å². The molecule has 0 aliphatic rings. The first kappa shape index (κ1) is 15.1. The predicted octanol–water partition coefficient (Wildman–Crippen LogP) is 3.57. The van der Waals surface area contributed by atoms with Crippen molar-refractivity contribution in [1.29, 1.82) is 0 Å². The SMILES string of the molecule is C=COCCc1cc(Br)ccc1OCCOCC. The van der Waals surface area contributed by atoms with Gasteiger partial charge >= 0.3 is 0 Å². The van der Waals surface area contributed by atoms with Crippen LogP contribution in [0.3, 0.4) is 0 Å². The zero-order valence-electron chi connectivity index (χ0n) is 10.7. The second-order valence-corrected chi connectivity index (χ2v) is 4.50. The third kappa shape index (κ3) is 5.56. The van der Waals surface area contributed by atoms with Crippen molar-refractivity contribution in [3.8, 4) is 5.75 Å². The fraction of sp³-hybridized carbons (Fsp3) is 0.429. The number of halogens is 1. The fourth-order valence-corrected chi connectivity index (χ4v) is 1.90. The Morgan fingerprint density at radius 1 is 1.28 bits per heavy atom. The molecule has 100 valence electrons. The standard InChI is InChI=1S/C14H19BrO3/c1-3-16-8-7-12-11-13(15)5-6-14(12)18-10-9-17-4-2/h3,5-6,11H,1,4,7-10H2,2H3. The van der Waals surface area contributed by atoms with Gasteiger partial charge in [0, 0.05) is 17.5 Å². The van der Waals surface area contributed by atoms with Crippen LogP contribution in [0.15, 0.2) is 35.5 Å². The van der Waals surface area contributed by atoms with Crippen LogP contribution in [0.5, 0.6) is 5.75 Å². The Morgan fingerprint density at radius 2 is 2.11 bits per heavy atom. The second kappa shape index (κ2) is 9.00. The summed E-state index contributed by atoms with van der Waals surface area (Å²) in [6.45, 7) is 7.97. The highest BCUT2D eigenvalue weighted by molar-refractivity contribution is 9.10. The molecule has 0 saturated carbocycles. The summed E-state index contributed by atoms with van der Waals surface area (Å²) in [6, 6.07) is 5.97. The zero-order valence-corrected chi connectivity index (χ0v) is 12.2. The predicted molar refractivity (Wildman–Crippen MR) is 76.0 cm³/mol. The molecule has 0 N–H and O–H groups in total. The number of hydrogen-bond donors (Lipinski definition) is 0. The van der Waals surface area contributed by atoms with Crippen molar-refractivity contribution in [2.24, 2.45) is 0 Å². The molecule has 0 bridgehead atoms. The van der Waals surface area contributed by atoms with Crippen LogP contribution in [0.1, 0.15) is 12.5 Å². The van der Waals surface area contributed by atoms with E-state index in [9.17, 15) is 0 Å². The summed E-state index contributed by atoms with van der Waals surface area (Å²) in [5.41, 5.74) is 1.11. The highest BCUT2D eigenvalue weighted by atomic mass is 79.9. The largest absolute Gasteiger partial charge is 0.501 e. The summed E-state index contributed by atoms with van der Waals surface area (Å²) >= 11 is 3.46. The molecule has 1 aromatic rings. The lowest BCUT2D eigenvalue weighted by atomic mass is 10.1. The minimum atomic E-state index is 0.560. The van der Waals surface area contributed by atoms with Crippen molar-refractivity contribution in [2.45, 2.75) is 13.3 Å². The first-order valence-electron chi connectivity index (χ1n) is 5.99. The molecule has 0 heterocycles. The smallest absolute Gasteiger partial charge is 0.122 e. The molecule has 0 fully saturated rings. The van der Waals surface area contributed by atoms with E-state index in [1.165, 1.54) is 6.26 Å². The average molecular weight is 315 g/mol. The Bertz CT molecular complexity index is 366. The fourth-order valence-electron chi connectivity index (χ4n) is 1.49. The van der Waals surface area contributed by atoms with E-state index < -0.39 is 0 Å². The van der Waals surface area contributed by atoms with Crippen molar-refractivity contribution in [3.05, 3.63) is 41.1 Å². The second-order valence-electron chi connectivity index (χ2n) is 3.58. The van der Waals surface area contributed by atoms with Gasteiger partial charge in [-0.15, -0.1) is 0 Å². The van der Waals surface area contributed by atoms with Crippen LogP contribution >= 0.6 is 15.9 Å². The normalized spacial score (nSPS) is 10.1. The van der Waals surface area contributed by atoms with E-state index >= 15 is 0 Å². The molecular weight excluding hydrogens is 296 g/mol. The molecule has 0 aromatic heterocycles. The third-order valence-electron chi connectivity index (χ3n) is 2.32. The summed E-state index contributed by atoms with van der Waals surface area (Å²) in [5, 5.41) is 0. The minimum Gasteiger partial charge on any atom is -0.501 e. The van der Waals surface area contributed by atoms with Crippen molar-refractivity contribution in [2.75, 3.05) is 26.4 Å². The Balaban J connectivity index is 2.55. The molecule has 1 rings (SSSR count). The molecule has 0 unspecified atom stereocenters. The lowest BCUT2D eigenvalue weighted by Gasteiger charge is -2.12. The zero-order chi connectivity index (χ0) is 13.2. The first-order chi connectivity index (χ1) is 8.77. The molecule has 4 heteroatoms. The average Bonchev–Trinajstić information content (AvgIpc) is 2.37. The van der Waals surface area contributed by atoms with Gasteiger partial charge in [0.25, 0.3) is 0 Å². The molecule has 0 amide bonds. The topological polar surface area (TPSA) is 27.7 Å². The molecule has 0 spiro atoms. The third-order valence-corrected chi connectivity index (χ3v) is 2.81. The maximum atomic E-state index is 5.70. The quantitative estimate of drug-likeness (QED) is 0.515. The van der Waals surface area contributed by atoms with Gasteiger partial charge in [0.2, 0.25) is 0 Å². The molecular formula is C14H19BrO3. The van der Waals surface area contributed by atoms with Crippen molar-refractivity contribution in [1.82, 2.24) is 0 Å². The van der Waals surface area contributed by atoms with E-state index in [1.807, 2.05) is 25.1 Å². The van der Waals surface area contributed by atoms with Crippen molar-refractivity contribution in [3.63, 3.8) is 0 Å². The van der Waals surface area contributed by atoms with Gasteiger partial charge in [-0.3, -0.25) is 0 Å². The monoisotopic (exact) mass is 314 g/mol. The van der Waals surface area contributed by atoms with Crippen LogP contribution in [-0.4, -0.2) is 26.4 Å². The number of benzene rings is 1. The molecule has 18 heavy (non-hydrogen) atoms. The van der Waals surface area contributed by atoms with Crippen LogP contribution < -0.4 is 4.74 Å². The van der Waals surface area contributed by atoms with E-state index in [0.29, 0.717) is 26.4 Å². The molecule has 0 saturated heterocycles. The van der Waals surface area contributed by atoms with E-state index in [4.69, 9.17) is 14.2 Å². The summed E-state index contributed by atoms with van der Waals surface area (Å²) in [4.78, 5) is 0. The summed E-state index contributed by atoms with van der Waals surface area (Å²) in [6.07, 6.45) is 2.24. The highest BCUT2D eigenvalue weighted by Gasteiger charge is 2.05. The number of ether oxygens (including phenoxy) is 3. The molecule has 0 radical (unpaired) electrons. The number of hydrogen-bond acceptors (Lipinski definition) is 3. The molecule has 1 aromatic carbocycles. The van der Waals surface area contributed by atoms with Gasteiger partial charge in [0.05, 0.1) is 19.5 Å². The van der Waals surface area contributed by atoms with Crippen LogP contribution in [0.2, 0.25) is 0 Å². The van der Waals surface area contributed by atoms with Crippen LogP contribution in [-0.2, 0) is 15.9 Å². The lowest BCUT2D eigenvalue weighted by Crippen LogP contribution is -2.08. The summed E-state index contributed by atoms with van der Waals surface area (Å²) in [7, 11) is 0. The number of rotatable bonds is 9. The van der Waals surface area contributed by atoms with Gasteiger partial charge in [-0.25, -0.2) is 0 Å². The van der Waals surface area contributed by atoms with E-state index in [2.05, 4.69) is 22.5 Å². The summed E-state index contributed by atoms with van der Waals surface area (Å²) < 4.78 is 17.1. The lowest BCUT2D eigenvalue weighted by molar-refractivity contribution is 0.109. The van der Waals surface area contributed by atoms with Gasteiger partial charge in [-0.05, 0) is 30.7 Å². The van der Waals surface area contributed by atoms with Gasteiger partial charge in [0.1, 0.15) is 12.4 Å². The maximum absolute atomic E-state index is 5.70. The van der Waals surface area contributed by atoms with Gasteiger partial charge in [-0.2, -0.15) is 0 Å². The summed E-state index contributed by atoms with van der Waals surface area (Å²) in [5.74, 6) is 0.880. The van der Waals surface area contributed by atoms with Crippen LogP contribution in [0, 0.1) is 0 Å². The van der Waals surface area contributed by atoms with E-state index in [0.717, 1.165) is 22.2 Å². The van der Waals surface area contributed by atoms with Crippen LogP contribution in [0.25, 0.3) is 0 Å². The Morgan fingerprint density at radius 3 is 2.83 bits per heavy atom. The van der Waals surface area contributed by atoms with Crippen molar-refractivity contribution < 1.29 is 14.2 Å². The van der Waals surface area contributed by atoms with Gasteiger partial charge < -0.3 is 14.2 Å². The molecule has 0 aliphatic carbocycles. The Kier molecular flexibility index (Phi) is 7.53. The van der Waals surface area contributed by atoms with Gasteiger partial charge in [-0.1, -0.05) is 22.5 Å². The van der Waals surface area contributed by atoms with Crippen LogP contribution in [0.4, 0.5) is 0 Å². The van der Waals surface area contributed by atoms with E-state index in [-0.39, 0.29) is 0 Å². The molecule has 3 nitrogen and oxygen atoms in total. The maximum Gasteiger partial charge on any atom is 0.122 e. The van der Waals surface area contributed by atoms with Crippen molar-refractivity contribution >= 4 is 15.9 Å². The minimum absolute atomic E-state index is 0.560. The highest BCUT2D eigenvalue weighted by Crippen LogP contribution is 2.23. The molecule has 0 aliphatic heterocycles. The van der Waals surface area contributed by atoms with E-state index in [1.54, 1.807) is 0 Å². The Hall–Kier alpha value is -1.00. The molecule has 0 atom stereocenters. The van der Waals surface area contributed by atoms with Gasteiger partial charge in [0.15, 0.2) is 0 Å².